The highest BCUT2D eigenvalue weighted by Gasteiger charge is 2.50. The van der Waals surface area contributed by atoms with Gasteiger partial charge in [0.25, 0.3) is 0 Å². The Morgan fingerprint density at radius 1 is 0.592 bits per heavy atom. The molecule has 0 unspecified atom stereocenters. The maximum atomic E-state index is 12.9. The van der Waals surface area contributed by atoms with Gasteiger partial charge in [-0.25, -0.2) is 9.59 Å². The molecule has 8 saturated carbocycles. The molecule has 10 rings (SSSR count). The van der Waals surface area contributed by atoms with Crippen LogP contribution in [0.1, 0.15) is 111 Å². The number of alkyl carbamates (subject to hydrolysis) is 2. The van der Waals surface area contributed by atoms with Crippen LogP contribution in [0.15, 0.2) is 0 Å². The van der Waals surface area contributed by atoms with Gasteiger partial charge in [-0.1, -0.05) is 0 Å². The van der Waals surface area contributed by atoms with Gasteiger partial charge in [0, 0.05) is 39.0 Å². The molecule has 10 fully saturated rings. The zero-order valence-corrected chi connectivity index (χ0v) is 30.5. The van der Waals surface area contributed by atoms with Crippen molar-refractivity contribution in [3.63, 3.8) is 0 Å². The van der Waals surface area contributed by atoms with Crippen molar-refractivity contribution >= 4 is 24.0 Å². The lowest BCUT2D eigenvalue weighted by Crippen LogP contribution is -2.47. The lowest BCUT2D eigenvalue weighted by molar-refractivity contribution is -0.136. The Morgan fingerprint density at radius 2 is 0.959 bits per heavy atom. The number of carbonyl (C=O) groups excluding carboxylic acids is 4. The minimum Gasteiger partial charge on any atom is -0.453 e. The lowest BCUT2D eigenvalue weighted by atomic mass is 9.51. The van der Waals surface area contributed by atoms with E-state index >= 15 is 0 Å². The van der Waals surface area contributed by atoms with Crippen LogP contribution in [0.25, 0.3) is 0 Å². The predicted molar refractivity (Wildman–Crippen MR) is 185 cm³/mol. The largest absolute Gasteiger partial charge is 0.453 e. The first-order valence-electron chi connectivity index (χ1n) is 19.8. The fraction of sp³-hybridized carbons (Fsp3) is 0.897. The van der Waals surface area contributed by atoms with E-state index in [4.69, 9.17) is 4.74 Å². The number of methoxy groups -OCH3 is 1. The highest BCUT2D eigenvalue weighted by Crippen LogP contribution is 2.58. The summed E-state index contributed by atoms with van der Waals surface area (Å²) < 4.78 is 9.97. The fourth-order valence-electron chi connectivity index (χ4n) is 12.3. The SMILES string of the molecule is CC(C)(C)OC(=O)N[C@@H]1CCN(C(=O)CC2C3CC4CC(C3)CC2C4)C1.COC(=O)N[C@@H]1CCN(C(=O)CC2C3CC4CC(C3)CC2C4)C1. The molecule has 0 aromatic carbocycles. The maximum Gasteiger partial charge on any atom is 0.407 e. The summed E-state index contributed by atoms with van der Waals surface area (Å²) in [5.74, 6) is 8.90. The molecular weight excluding hydrogens is 620 g/mol. The first-order valence-corrected chi connectivity index (χ1v) is 19.8. The van der Waals surface area contributed by atoms with Crippen LogP contribution in [0.5, 0.6) is 0 Å². The van der Waals surface area contributed by atoms with E-state index in [0.717, 1.165) is 86.1 Å². The van der Waals surface area contributed by atoms with Crippen LogP contribution < -0.4 is 10.6 Å². The zero-order valence-electron chi connectivity index (χ0n) is 30.5. The quantitative estimate of drug-likeness (QED) is 0.356. The number of nitrogens with zero attached hydrogens (tertiary/aromatic N) is 2. The Labute approximate surface area is 293 Å². The average Bonchev–Trinajstić information content (AvgIpc) is 3.69. The summed E-state index contributed by atoms with van der Waals surface area (Å²) in [5, 5.41) is 5.73. The Morgan fingerprint density at radius 3 is 1.31 bits per heavy atom. The van der Waals surface area contributed by atoms with E-state index in [0.29, 0.717) is 36.7 Å². The van der Waals surface area contributed by atoms with Gasteiger partial charge in [-0.15, -0.1) is 0 Å². The number of nitrogens with one attached hydrogen (secondary N) is 2. The normalized spacial score (nSPS) is 39.8. The molecule has 274 valence electrons. The van der Waals surface area contributed by atoms with Crippen molar-refractivity contribution in [2.45, 2.75) is 128 Å². The van der Waals surface area contributed by atoms with Gasteiger partial charge in [0.15, 0.2) is 0 Å². The molecule has 0 aromatic heterocycles. The van der Waals surface area contributed by atoms with Crippen LogP contribution in [0.4, 0.5) is 9.59 Å². The third-order valence-corrected chi connectivity index (χ3v) is 14.0. The average molecular weight is 683 g/mol. The molecule has 2 aliphatic heterocycles. The Bertz CT molecular complexity index is 1190. The molecule has 10 heteroatoms. The molecule has 4 amide bonds. The first kappa shape index (κ1) is 34.9. The molecule has 2 atom stereocenters. The topological polar surface area (TPSA) is 117 Å². The number of amides is 4. The summed E-state index contributed by atoms with van der Waals surface area (Å²) in [6, 6.07) is 0.0669. The summed E-state index contributed by atoms with van der Waals surface area (Å²) in [7, 11) is 1.37. The highest BCUT2D eigenvalue weighted by molar-refractivity contribution is 5.78. The maximum absolute atomic E-state index is 12.9. The van der Waals surface area contributed by atoms with Crippen LogP contribution in [-0.2, 0) is 19.1 Å². The van der Waals surface area contributed by atoms with Gasteiger partial charge < -0.3 is 29.9 Å². The van der Waals surface area contributed by atoms with Gasteiger partial charge >= 0.3 is 12.2 Å². The highest BCUT2D eigenvalue weighted by atomic mass is 16.6. The van der Waals surface area contributed by atoms with Crippen molar-refractivity contribution in [2.24, 2.45) is 59.2 Å². The number of ether oxygens (including phenoxy) is 2. The number of hydrogen-bond donors (Lipinski definition) is 2. The summed E-state index contributed by atoms with van der Waals surface area (Å²) in [6.45, 7) is 8.38. The van der Waals surface area contributed by atoms with Crippen molar-refractivity contribution in [1.82, 2.24) is 20.4 Å². The molecule has 2 saturated heterocycles. The lowest BCUT2D eigenvalue weighted by Gasteiger charge is -2.54. The van der Waals surface area contributed by atoms with Crippen molar-refractivity contribution in [2.75, 3.05) is 33.3 Å². The molecule has 8 bridgehead atoms. The number of rotatable bonds is 6. The second-order valence-corrected chi connectivity index (χ2v) is 18.5. The molecule has 8 aliphatic carbocycles. The van der Waals surface area contributed by atoms with Crippen molar-refractivity contribution in [3.8, 4) is 0 Å². The molecular formula is C39H62N4O6. The van der Waals surface area contributed by atoms with Crippen LogP contribution in [0, 0.1) is 59.2 Å². The number of likely N-dealkylation sites (tertiary alicyclic amines) is 2. The molecule has 0 spiro atoms. The third-order valence-electron chi connectivity index (χ3n) is 14.0. The predicted octanol–water partition coefficient (Wildman–Crippen LogP) is 5.98. The molecule has 2 N–H and O–H groups in total. The third kappa shape index (κ3) is 8.19. The van der Waals surface area contributed by atoms with E-state index in [2.05, 4.69) is 15.4 Å². The minimum atomic E-state index is -0.488. The number of carbonyl (C=O) groups is 4. The van der Waals surface area contributed by atoms with Crippen molar-refractivity contribution in [3.05, 3.63) is 0 Å². The van der Waals surface area contributed by atoms with Crippen LogP contribution in [0.2, 0.25) is 0 Å². The Kier molecular flexibility index (Phi) is 10.1. The molecule has 0 aromatic rings. The van der Waals surface area contributed by atoms with Gasteiger partial charge in [0.05, 0.1) is 19.2 Å². The van der Waals surface area contributed by atoms with Crippen molar-refractivity contribution < 1.29 is 28.7 Å². The van der Waals surface area contributed by atoms with E-state index in [1.165, 1.54) is 71.3 Å². The summed E-state index contributed by atoms with van der Waals surface area (Å²) in [6.07, 6.45) is 16.2. The molecule has 0 radical (unpaired) electrons. The van der Waals surface area contributed by atoms with Gasteiger partial charge in [-0.3, -0.25) is 9.59 Å². The number of hydrogen-bond acceptors (Lipinski definition) is 6. The van der Waals surface area contributed by atoms with E-state index in [1.54, 1.807) is 0 Å². The van der Waals surface area contributed by atoms with E-state index in [1.807, 2.05) is 30.6 Å². The van der Waals surface area contributed by atoms with E-state index in [9.17, 15) is 19.2 Å². The molecule has 49 heavy (non-hydrogen) atoms. The van der Waals surface area contributed by atoms with Crippen LogP contribution >= 0.6 is 0 Å². The molecule has 2 heterocycles. The second kappa shape index (κ2) is 14.2. The standard InChI is InChI=1S/C21H34N2O3.C18H28N2O3/c1-21(2,3)26-20(25)22-17-4-5-23(12-17)19(24)11-18-15-7-13-6-14(9-15)10-16(18)8-13;1-23-18(22)19-15-2-3-20(10-15)17(21)9-16-13-5-11-4-12(7-13)8-14(16)6-11/h13-18H,4-12H2,1-3H3,(H,22,25);11-16H,2-10H2,1H3,(H,19,22)/t13?,14?,15?,16?,17-,18?;11?,12?,13?,14?,15-,16?/m11/s1. The Hall–Kier alpha value is -2.52. The Balaban J connectivity index is 0.000000155. The van der Waals surface area contributed by atoms with Crippen molar-refractivity contribution in [1.29, 1.82) is 0 Å². The van der Waals surface area contributed by atoms with Gasteiger partial charge in [0.1, 0.15) is 5.60 Å². The summed E-state index contributed by atoms with van der Waals surface area (Å²) in [5.41, 5.74) is -0.488. The van der Waals surface area contributed by atoms with Crippen LogP contribution in [0.3, 0.4) is 0 Å². The smallest absolute Gasteiger partial charge is 0.407 e. The second-order valence-electron chi connectivity index (χ2n) is 18.5. The van der Waals surface area contributed by atoms with Crippen LogP contribution in [-0.4, -0.2) is 84.8 Å². The molecule has 10 aliphatic rings. The summed E-state index contributed by atoms with van der Waals surface area (Å²) in [4.78, 5) is 52.7. The molecule has 10 nitrogen and oxygen atoms in total. The van der Waals surface area contributed by atoms with Gasteiger partial charge in [0.2, 0.25) is 11.8 Å². The van der Waals surface area contributed by atoms with E-state index in [-0.39, 0.29) is 18.2 Å². The zero-order chi connectivity index (χ0) is 34.4. The minimum absolute atomic E-state index is 0.0206. The fourth-order valence-corrected chi connectivity index (χ4v) is 12.3. The monoisotopic (exact) mass is 682 g/mol. The first-order chi connectivity index (χ1) is 23.4. The summed E-state index contributed by atoms with van der Waals surface area (Å²) >= 11 is 0. The van der Waals surface area contributed by atoms with E-state index < -0.39 is 11.7 Å². The van der Waals surface area contributed by atoms with Gasteiger partial charge in [-0.2, -0.15) is 0 Å². The van der Waals surface area contributed by atoms with Gasteiger partial charge in [-0.05, 0) is 157 Å².